The van der Waals surface area contributed by atoms with E-state index in [0.29, 0.717) is 12.5 Å². The van der Waals surface area contributed by atoms with Gasteiger partial charge in [-0.25, -0.2) is 0 Å². The van der Waals surface area contributed by atoms with Gasteiger partial charge in [0, 0.05) is 11.1 Å². The Morgan fingerprint density at radius 1 is 1.44 bits per heavy atom. The molecule has 1 unspecified atom stereocenters. The normalized spacial score (nSPS) is 13.2. The molecule has 1 heterocycles. The SMILES string of the molecule is Cc1c(CC(C)CN)[nH]c2c(Cl)cccc12. The molecule has 0 fully saturated rings. The van der Waals surface area contributed by atoms with Crippen LogP contribution in [0.15, 0.2) is 18.2 Å². The molecule has 2 nitrogen and oxygen atoms in total. The molecule has 3 N–H and O–H groups in total. The maximum Gasteiger partial charge on any atom is 0.0648 e. The van der Waals surface area contributed by atoms with E-state index in [1.807, 2.05) is 12.1 Å². The highest BCUT2D eigenvalue weighted by atomic mass is 35.5. The number of nitrogens with one attached hydrogen (secondary N) is 1. The number of aryl methyl sites for hydroxylation is 1. The van der Waals surface area contributed by atoms with Crippen molar-refractivity contribution in [3.63, 3.8) is 0 Å². The molecule has 1 atom stereocenters. The number of hydrogen-bond acceptors (Lipinski definition) is 1. The van der Waals surface area contributed by atoms with E-state index in [9.17, 15) is 0 Å². The topological polar surface area (TPSA) is 41.8 Å². The van der Waals surface area contributed by atoms with Crippen LogP contribution in [0.3, 0.4) is 0 Å². The van der Waals surface area contributed by atoms with Gasteiger partial charge in [-0.3, -0.25) is 0 Å². The van der Waals surface area contributed by atoms with Crippen LogP contribution in [0.2, 0.25) is 5.02 Å². The lowest BCUT2D eigenvalue weighted by molar-refractivity contribution is 0.585. The second kappa shape index (κ2) is 4.48. The number of rotatable bonds is 3. The van der Waals surface area contributed by atoms with Crippen LogP contribution in [0.1, 0.15) is 18.2 Å². The van der Waals surface area contributed by atoms with Gasteiger partial charge in [-0.15, -0.1) is 0 Å². The van der Waals surface area contributed by atoms with Crippen LogP contribution in [-0.4, -0.2) is 11.5 Å². The van der Waals surface area contributed by atoms with Gasteiger partial charge in [0.1, 0.15) is 0 Å². The van der Waals surface area contributed by atoms with Gasteiger partial charge < -0.3 is 10.7 Å². The number of aromatic nitrogens is 1. The Morgan fingerprint density at radius 2 is 2.19 bits per heavy atom. The van der Waals surface area contributed by atoms with Crippen LogP contribution in [0.25, 0.3) is 10.9 Å². The minimum atomic E-state index is 0.491. The van der Waals surface area contributed by atoms with E-state index in [1.165, 1.54) is 16.6 Å². The Kier molecular flexibility index (Phi) is 3.22. The largest absolute Gasteiger partial charge is 0.357 e. The summed E-state index contributed by atoms with van der Waals surface area (Å²) in [4.78, 5) is 3.41. The summed E-state index contributed by atoms with van der Waals surface area (Å²) in [6, 6.07) is 6.00. The second-order valence-corrected chi connectivity index (χ2v) is 4.84. The fraction of sp³-hybridized carbons (Fsp3) is 0.385. The van der Waals surface area contributed by atoms with Crippen molar-refractivity contribution in [2.45, 2.75) is 20.3 Å². The fourth-order valence-corrected chi connectivity index (χ4v) is 2.23. The van der Waals surface area contributed by atoms with Gasteiger partial charge in [-0.05, 0) is 37.4 Å². The molecular formula is C13H17ClN2. The number of para-hydroxylation sites is 1. The minimum Gasteiger partial charge on any atom is -0.357 e. The molecule has 2 aromatic rings. The summed E-state index contributed by atoms with van der Waals surface area (Å²) in [6.07, 6.45) is 0.980. The summed E-state index contributed by atoms with van der Waals surface area (Å²) >= 11 is 6.16. The highest BCUT2D eigenvalue weighted by Gasteiger charge is 2.11. The average Bonchev–Trinajstić information content (AvgIpc) is 2.58. The Bertz CT molecular complexity index is 502. The minimum absolute atomic E-state index is 0.491. The Balaban J connectivity index is 2.48. The lowest BCUT2D eigenvalue weighted by Crippen LogP contribution is -2.13. The average molecular weight is 237 g/mol. The molecular weight excluding hydrogens is 220 g/mol. The second-order valence-electron chi connectivity index (χ2n) is 4.44. The molecule has 0 bridgehead atoms. The maximum atomic E-state index is 6.16. The van der Waals surface area contributed by atoms with E-state index >= 15 is 0 Å². The van der Waals surface area contributed by atoms with Crippen LogP contribution in [0, 0.1) is 12.8 Å². The van der Waals surface area contributed by atoms with Gasteiger partial charge >= 0.3 is 0 Å². The summed E-state index contributed by atoms with van der Waals surface area (Å²) in [5.41, 5.74) is 9.24. The molecule has 1 aromatic heterocycles. The van der Waals surface area contributed by atoms with Crippen LogP contribution >= 0.6 is 11.6 Å². The third-order valence-corrected chi connectivity index (χ3v) is 3.42. The molecule has 86 valence electrons. The van der Waals surface area contributed by atoms with Gasteiger partial charge in [0.15, 0.2) is 0 Å². The van der Waals surface area contributed by atoms with Gasteiger partial charge in [-0.2, -0.15) is 0 Å². The zero-order chi connectivity index (χ0) is 11.7. The van der Waals surface area contributed by atoms with Crippen LogP contribution in [-0.2, 0) is 6.42 Å². The summed E-state index contributed by atoms with van der Waals surface area (Å²) in [7, 11) is 0. The summed E-state index contributed by atoms with van der Waals surface area (Å²) in [5.74, 6) is 0.491. The van der Waals surface area contributed by atoms with Crippen molar-refractivity contribution in [3.8, 4) is 0 Å². The highest BCUT2D eigenvalue weighted by Crippen LogP contribution is 2.28. The summed E-state index contributed by atoms with van der Waals surface area (Å²) in [6.45, 7) is 5.00. The first-order valence-electron chi connectivity index (χ1n) is 5.59. The standard InChI is InChI=1S/C13H17ClN2/c1-8(7-15)6-12-9(2)10-4-3-5-11(14)13(10)16-12/h3-5,8,16H,6-7,15H2,1-2H3. The Morgan fingerprint density at radius 3 is 2.81 bits per heavy atom. The molecule has 0 aliphatic heterocycles. The van der Waals surface area contributed by atoms with E-state index in [-0.39, 0.29) is 0 Å². The smallest absolute Gasteiger partial charge is 0.0648 e. The summed E-state index contributed by atoms with van der Waals surface area (Å²) in [5, 5.41) is 2.00. The van der Waals surface area contributed by atoms with E-state index in [1.54, 1.807) is 0 Å². The van der Waals surface area contributed by atoms with E-state index < -0.39 is 0 Å². The molecule has 0 radical (unpaired) electrons. The van der Waals surface area contributed by atoms with Gasteiger partial charge in [0.05, 0.1) is 10.5 Å². The number of benzene rings is 1. The number of hydrogen-bond donors (Lipinski definition) is 2. The molecule has 1 aromatic carbocycles. The van der Waals surface area contributed by atoms with Crippen molar-refractivity contribution in [2.24, 2.45) is 11.7 Å². The van der Waals surface area contributed by atoms with Crippen molar-refractivity contribution in [3.05, 3.63) is 34.5 Å². The maximum absolute atomic E-state index is 6.16. The van der Waals surface area contributed by atoms with Gasteiger partial charge in [0.2, 0.25) is 0 Å². The first-order valence-corrected chi connectivity index (χ1v) is 5.97. The number of nitrogens with two attached hydrogens (primary N) is 1. The highest BCUT2D eigenvalue weighted by molar-refractivity contribution is 6.35. The van der Waals surface area contributed by atoms with Crippen LogP contribution < -0.4 is 5.73 Å². The van der Waals surface area contributed by atoms with E-state index in [4.69, 9.17) is 17.3 Å². The monoisotopic (exact) mass is 236 g/mol. The molecule has 16 heavy (non-hydrogen) atoms. The molecule has 0 saturated heterocycles. The third-order valence-electron chi connectivity index (χ3n) is 3.10. The molecule has 2 rings (SSSR count). The molecule has 3 heteroatoms. The number of fused-ring (bicyclic) bond motifs is 1. The number of aromatic amines is 1. The van der Waals surface area contributed by atoms with E-state index in [0.717, 1.165) is 17.0 Å². The predicted molar refractivity (Wildman–Crippen MR) is 70.0 cm³/mol. The molecule has 0 spiro atoms. The van der Waals surface area contributed by atoms with Crippen molar-refractivity contribution in [1.82, 2.24) is 4.98 Å². The van der Waals surface area contributed by atoms with Crippen LogP contribution in [0.5, 0.6) is 0 Å². The lowest BCUT2D eigenvalue weighted by Gasteiger charge is -2.07. The fourth-order valence-electron chi connectivity index (χ4n) is 2.01. The van der Waals surface area contributed by atoms with Crippen molar-refractivity contribution in [1.29, 1.82) is 0 Å². The summed E-state index contributed by atoms with van der Waals surface area (Å²) < 4.78 is 0. The zero-order valence-corrected chi connectivity index (χ0v) is 10.4. The Hall–Kier alpha value is -0.990. The van der Waals surface area contributed by atoms with Crippen LogP contribution in [0.4, 0.5) is 0 Å². The molecule has 0 saturated carbocycles. The van der Waals surface area contributed by atoms with Gasteiger partial charge in [-0.1, -0.05) is 30.7 Å². The zero-order valence-electron chi connectivity index (χ0n) is 9.68. The Labute approximate surface area is 101 Å². The number of halogens is 1. The van der Waals surface area contributed by atoms with Gasteiger partial charge in [0.25, 0.3) is 0 Å². The first-order chi connectivity index (χ1) is 7.63. The van der Waals surface area contributed by atoms with Crippen molar-refractivity contribution >= 4 is 22.5 Å². The first kappa shape index (κ1) is 11.5. The number of H-pyrrole nitrogens is 1. The van der Waals surface area contributed by atoms with Crippen molar-refractivity contribution in [2.75, 3.05) is 6.54 Å². The third kappa shape index (κ3) is 1.95. The van der Waals surface area contributed by atoms with Crippen molar-refractivity contribution < 1.29 is 0 Å². The molecule has 0 amide bonds. The molecule has 0 aliphatic carbocycles. The predicted octanol–water partition coefficient (Wildman–Crippen LogP) is 3.27. The lowest BCUT2D eigenvalue weighted by atomic mass is 10.0. The molecule has 0 aliphatic rings. The van der Waals surface area contributed by atoms with E-state index in [2.05, 4.69) is 24.9 Å². The quantitative estimate of drug-likeness (QED) is 0.844.